The molecule has 1 heterocycles. The van der Waals surface area contributed by atoms with Gasteiger partial charge in [0.2, 0.25) is 5.78 Å². The number of hydrogen-bond acceptors (Lipinski definition) is 3. The van der Waals surface area contributed by atoms with Crippen LogP contribution in [0.5, 0.6) is 0 Å². The third-order valence-electron chi connectivity index (χ3n) is 2.12. The molecule has 16 heavy (non-hydrogen) atoms. The highest BCUT2D eigenvalue weighted by molar-refractivity contribution is 9.10. The van der Waals surface area contributed by atoms with Crippen molar-refractivity contribution in [3.63, 3.8) is 0 Å². The summed E-state index contributed by atoms with van der Waals surface area (Å²) < 4.78 is 2.09. The molecule has 4 nitrogen and oxygen atoms in total. The topological polar surface area (TPSA) is 47.8 Å². The highest BCUT2D eigenvalue weighted by atomic mass is 79.9. The molecule has 0 aliphatic carbocycles. The first-order valence-corrected chi connectivity index (χ1v) is 5.61. The van der Waals surface area contributed by atoms with Gasteiger partial charge in [-0.2, -0.15) is 0 Å². The molecular weight excluding hydrogens is 293 g/mol. The predicted molar refractivity (Wildman–Crippen MR) is 63.6 cm³/mol. The first-order valence-electron chi connectivity index (χ1n) is 4.44. The van der Waals surface area contributed by atoms with Gasteiger partial charge in [-0.25, -0.2) is 4.68 Å². The number of carbonyl (C=O) groups excluding carboxylic acids is 1. The molecule has 1 aromatic carbocycles. The summed E-state index contributed by atoms with van der Waals surface area (Å²) in [5.41, 5.74) is 0.970. The number of halogens is 2. The van der Waals surface area contributed by atoms with Gasteiger partial charge in [-0.15, -0.1) is 5.10 Å². The Morgan fingerprint density at radius 3 is 2.81 bits per heavy atom. The first-order chi connectivity index (χ1) is 7.59. The minimum atomic E-state index is -0.143. The average molecular weight is 301 g/mol. The molecule has 0 saturated carbocycles. The second-order valence-corrected chi connectivity index (χ2v) is 4.49. The van der Waals surface area contributed by atoms with Crippen molar-refractivity contribution in [2.45, 2.75) is 0 Å². The average Bonchev–Trinajstić information content (AvgIpc) is 2.63. The van der Waals surface area contributed by atoms with Gasteiger partial charge >= 0.3 is 0 Å². The van der Waals surface area contributed by atoms with Crippen molar-refractivity contribution in [3.8, 4) is 0 Å². The second kappa shape index (κ2) is 4.35. The molecule has 1 aromatic heterocycles. The largest absolute Gasteiger partial charge is 0.287 e. The number of benzene rings is 1. The maximum atomic E-state index is 12.1. The van der Waals surface area contributed by atoms with Crippen molar-refractivity contribution in [2.75, 3.05) is 0 Å². The zero-order valence-electron chi connectivity index (χ0n) is 8.32. The molecule has 0 fully saturated rings. The van der Waals surface area contributed by atoms with E-state index in [0.29, 0.717) is 20.8 Å². The summed E-state index contributed by atoms with van der Waals surface area (Å²) in [7, 11) is 1.67. The Hall–Kier alpha value is -1.20. The molecule has 0 unspecified atom stereocenters. The normalized spacial score (nSPS) is 10.4. The molecule has 0 saturated heterocycles. The van der Waals surface area contributed by atoms with Crippen LogP contribution in [0.4, 0.5) is 0 Å². The summed E-state index contributed by atoms with van der Waals surface area (Å²) >= 11 is 9.11. The molecule has 0 radical (unpaired) electrons. The minimum absolute atomic E-state index is 0.143. The fourth-order valence-corrected chi connectivity index (χ4v) is 2.17. The van der Waals surface area contributed by atoms with Gasteiger partial charge in [0, 0.05) is 22.1 Å². The van der Waals surface area contributed by atoms with E-state index in [4.69, 9.17) is 11.6 Å². The number of nitrogens with zero attached hydrogens (tertiary/aromatic N) is 3. The summed E-state index contributed by atoms with van der Waals surface area (Å²) in [6.07, 6.45) is 1.43. The Labute approximate surface area is 105 Å². The molecule has 82 valence electrons. The summed E-state index contributed by atoms with van der Waals surface area (Å²) in [5.74, 6) is -0.143. The number of aryl methyl sites for hydroxylation is 1. The molecule has 0 N–H and O–H groups in total. The van der Waals surface area contributed by atoms with Crippen LogP contribution in [0.2, 0.25) is 5.02 Å². The fraction of sp³-hybridized carbons (Fsp3) is 0.100. The SMILES string of the molecule is Cn1nncc1C(=O)c1ccc(Cl)cc1Br. The highest BCUT2D eigenvalue weighted by Gasteiger charge is 2.16. The van der Waals surface area contributed by atoms with Crippen molar-refractivity contribution < 1.29 is 4.79 Å². The summed E-state index contributed by atoms with van der Waals surface area (Å²) in [5, 5.41) is 7.96. The van der Waals surface area contributed by atoms with Gasteiger partial charge in [-0.3, -0.25) is 4.79 Å². The molecule has 0 aliphatic rings. The lowest BCUT2D eigenvalue weighted by atomic mass is 10.1. The van der Waals surface area contributed by atoms with E-state index < -0.39 is 0 Å². The first kappa shape index (κ1) is 11.3. The Balaban J connectivity index is 2.46. The standard InChI is InChI=1S/C10H7BrClN3O/c1-15-9(5-13-14-15)10(16)7-3-2-6(12)4-8(7)11/h2-5H,1H3. The smallest absolute Gasteiger partial charge is 0.213 e. The second-order valence-electron chi connectivity index (χ2n) is 3.20. The van der Waals surface area contributed by atoms with Crippen molar-refractivity contribution >= 4 is 33.3 Å². The van der Waals surface area contributed by atoms with Gasteiger partial charge in [-0.05, 0) is 34.1 Å². The van der Waals surface area contributed by atoms with Crippen LogP contribution < -0.4 is 0 Å². The third-order valence-corrected chi connectivity index (χ3v) is 3.01. The van der Waals surface area contributed by atoms with Gasteiger partial charge in [0.1, 0.15) is 5.69 Å². The van der Waals surface area contributed by atoms with Crippen LogP contribution in [0.3, 0.4) is 0 Å². The Morgan fingerprint density at radius 1 is 1.50 bits per heavy atom. The predicted octanol–water partition coefficient (Wildman–Crippen LogP) is 2.46. The lowest BCUT2D eigenvalue weighted by molar-refractivity contribution is 0.102. The van der Waals surface area contributed by atoms with E-state index in [0.717, 1.165) is 0 Å². The van der Waals surface area contributed by atoms with E-state index >= 15 is 0 Å². The van der Waals surface area contributed by atoms with Crippen LogP contribution in [-0.2, 0) is 7.05 Å². The number of rotatable bonds is 2. The number of carbonyl (C=O) groups is 1. The maximum absolute atomic E-state index is 12.1. The van der Waals surface area contributed by atoms with Crippen LogP contribution in [0, 0.1) is 0 Å². The molecule has 0 amide bonds. The zero-order chi connectivity index (χ0) is 11.7. The fourth-order valence-electron chi connectivity index (χ4n) is 1.31. The summed E-state index contributed by atoms with van der Waals surface area (Å²) in [4.78, 5) is 12.1. The molecule has 6 heteroatoms. The molecular formula is C10H7BrClN3O. The van der Waals surface area contributed by atoms with E-state index in [9.17, 15) is 4.79 Å². The van der Waals surface area contributed by atoms with Gasteiger partial charge in [0.25, 0.3) is 0 Å². The zero-order valence-corrected chi connectivity index (χ0v) is 10.7. The highest BCUT2D eigenvalue weighted by Crippen LogP contribution is 2.23. The van der Waals surface area contributed by atoms with Crippen LogP contribution in [0.15, 0.2) is 28.9 Å². The maximum Gasteiger partial charge on any atom is 0.213 e. The number of hydrogen-bond donors (Lipinski definition) is 0. The molecule has 0 aliphatic heterocycles. The van der Waals surface area contributed by atoms with E-state index in [-0.39, 0.29) is 5.78 Å². The number of aromatic nitrogens is 3. The molecule has 0 bridgehead atoms. The summed E-state index contributed by atoms with van der Waals surface area (Å²) in [6.45, 7) is 0. The lowest BCUT2D eigenvalue weighted by Gasteiger charge is -2.03. The van der Waals surface area contributed by atoms with Crippen molar-refractivity contribution in [2.24, 2.45) is 7.05 Å². The van der Waals surface area contributed by atoms with Crippen LogP contribution in [0.1, 0.15) is 16.1 Å². The Morgan fingerprint density at radius 2 is 2.25 bits per heavy atom. The van der Waals surface area contributed by atoms with Gasteiger partial charge in [-0.1, -0.05) is 16.8 Å². The van der Waals surface area contributed by atoms with Crippen LogP contribution in [0.25, 0.3) is 0 Å². The molecule has 0 atom stereocenters. The van der Waals surface area contributed by atoms with Gasteiger partial charge in [0.05, 0.1) is 6.20 Å². The molecule has 0 spiro atoms. The Bertz CT molecular complexity index is 553. The van der Waals surface area contributed by atoms with E-state index in [1.165, 1.54) is 10.9 Å². The Kier molecular flexibility index (Phi) is 3.07. The van der Waals surface area contributed by atoms with Crippen LogP contribution >= 0.6 is 27.5 Å². The number of ketones is 1. The quantitative estimate of drug-likeness (QED) is 0.801. The summed E-state index contributed by atoms with van der Waals surface area (Å²) in [6, 6.07) is 5.02. The van der Waals surface area contributed by atoms with Crippen molar-refractivity contribution in [1.29, 1.82) is 0 Å². The van der Waals surface area contributed by atoms with E-state index in [1.54, 1.807) is 25.2 Å². The third kappa shape index (κ3) is 2.01. The molecule has 2 rings (SSSR count). The minimum Gasteiger partial charge on any atom is -0.287 e. The van der Waals surface area contributed by atoms with E-state index in [2.05, 4.69) is 26.2 Å². The van der Waals surface area contributed by atoms with Gasteiger partial charge in [0.15, 0.2) is 0 Å². The molecule has 2 aromatic rings. The monoisotopic (exact) mass is 299 g/mol. The lowest BCUT2D eigenvalue weighted by Crippen LogP contribution is -2.08. The van der Waals surface area contributed by atoms with Crippen LogP contribution in [-0.4, -0.2) is 20.8 Å². The van der Waals surface area contributed by atoms with E-state index in [1.807, 2.05) is 0 Å². The van der Waals surface area contributed by atoms with Crippen molar-refractivity contribution in [1.82, 2.24) is 15.0 Å². The van der Waals surface area contributed by atoms with Gasteiger partial charge < -0.3 is 0 Å². The van der Waals surface area contributed by atoms with Crippen molar-refractivity contribution in [3.05, 3.63) is 45.1 Å².